The predicted molar refractivity (Wildman–Crippen MR) is 124 cm³/mol. The summed E-state index contributed by atoms with van der Waals surface area (Å²) in [6.45, 7) is 0. The highest BCUT2D eigenvalue weighted by atomic mass is 35.5. The Labute approximate surface area is 181 Å². The van der Waals surface area contributed by atoms with Crippen LogP contribution in [0.3, 0.4) is 0 Å². The van der Waals surface area contributed by atoms with Crippen molar-refractivity contribution >= 4 is 23.3 Å². The Morgan fingerprint density at radius 2 is 1.63 bits per heavy atom. The lowest BCUT2D eigenvalue weighted by Gasteiger charge is -2.15. The van der Waals surface area contributed by atoms with Crippen LogP contribution in [0.2, 0.25) is 5.02 Å². The highest BCUT2D eigenvalue weighted by Crippen LogP contribution is 2.34. The summed E-state index contributed by atoms with van der Waals surface area (Å²) in [5.41, 5.74) is 5.41. The molecule has 5 rings (SSSR count). The van der Waals surface area contributed by atoms with Gasteiger partial charge < -0.3 is 0 Å². The number of benzene rings is 2. The van der Waals surface area contributed by atoms with Crippen LogP contribution in [-0.4, -0.2) is 15.0 Å². The first-order valence-corrected chi connectivity index (χ1v) is 10.8. The van der Waals surface area contributed by atoms with Crippen LogP contribution in [0.15, 0.2) is 66.8 Å². The average molecular weight is 412 g/mol. The lowest BCUT2D eigenvalue weighted by molar-refractivity contribution is 0.736. The number of rotatable bonds is 3. The second kappa shape index (κ2) is 8.37. The number of hydrogen-bond acceptors (Lipinski definition) is 3. The minimum absolute atomic E-state index is 0.699. The molecule has 3 nitrogen and oxygen atoms in total. The van der Waals surface area contributed by atoms with Gasteiger partial charge in [0, 0.05) is 16.1 Å². The van der Waals surface area contributed by atoms with Crippen LogP contribution in [0.4, 0.5) is 0 Å². The largest absolute Gasteiger partial charge is 0.209 e. The van der Waals surface area contributed by atoms with Gasteiger partial charge in [0.25, 0.3) is 0 Å². The van der Waals surface area contributed by atoms with Crippen LogP contribution >= 0.6 is 11.6 Å². The summed E-state index contributed by atoms with van der Waals surface area (Å²) in [7, 11) is 0. The monoisotopic (exact) mass is 411 g/mol. The van der Waals surface area contributed by atoms with E-state index < -0.39 is 0 Å². The normalized spacial score (nSPS) is 15.4. The maximum atomic E-state index is 6.52. The quantitative estimate of drug-likeness (QED) is 0.468. The fourth-order valence-corrected chi connectivity index (χ4v) is 4.29. The van der Waals surface area contributed by atoms with Gasteiger partial charge in [-0.15, -0.1) is 0 Å². The number of aromatic nitrogens is 3. The molecule has 0 aliphatic heterocycles. The van der Waals surface area contributed by atoms with Gasteiger partial charge in [0.1, 0.15) is 0 Å². The van der Waals surface area contributed by atoms with Gasteiger partial charge in [0.05, 0.1) is 0 Å². The molecule has 0 fully saturated rings. The van der Waals surface area contributed by atoms with E-state index in [2.05, 4.69) is 30.4 Å². The van der Waals surface area contributed by atoms with Crippen molar-refractivity contribution in [1.29, 1.82) is 0 Å². The van der Waals surface area contributed by atoms with Crippen molar-refractivity contribution in [3.8, 4) is 22.8 Å². The van der Waals surface area contributed by atoms with E-state index in [0.29, 0.717) is 11.6 Å². The molecule has 0 N–H and O–H groups in total. The maximum absolute atomic E-state index is 6.52. The van der Waals surface area contributed by atoms with Crippen LogP contribution in [0.25, 0.3) is 34.4 Å². The van der Waals surface area contributed by atoms with Gasteiger partial charge in [-0.2, -0.15) is 0 Å². The van der Waals surface area contributed by atoms with Crippen LogP contribution in [0.1, 0.15) is 42.6 Å². The molecule has 0 radical (unpaired) electrons. The fourth-order valence-electron chi connectivity index (χ4n) is 4.04. The van der Waals surface area contributed by atoms with Gasteiger partial charge in [-0.25, -0.2) is 15.0 Å². The second-order valence-electron chi connectivity index (χ2n) is 7.63. The summed E-state index contributed by atoms with van der Waals surface area (Å²) in [4.78, 5) is 14.7. The number of nitrogens with zero attached hydrogens (tertiary/aromatic N) is 3. The van der Waals surface area contributed by atoms with Gasteiger partial charge in [-0.3, -0.25) is 0 Å². The van der Waals surface area contributed by atoms with Crippen molar-refractivity contribution in [1.82, 2.24) is 15.0 Å². The SMILES string of the molecule is Clc1ccc(-c2nc(C3=CCCCC3)nc(-c3ccccc3)n2)c2c1CC=CC=C2. The lowest BCUT2D eigenvalue weighted by Crippen LogP contribution is -2.05. The van der Waals surface area contributed by atoms with Crippen molar-refractivity contribution in [2.75, 3.05) is 0 Å². The smallest absolute Gasteiger partial charge is 0.164 e. The van der Waals surface area contributed by atoms with Crippen LogP contribution in [0.5, 0.6) is 0 Å². The number of fused-ring (bicyclic) bond motifs is 1. The zero-order valence-corrected chi connectivity index (χ0v) is 17.4. The van der Waals surface area contributed by atoms with Gasteiger partial charge in [0.2, 0.25) is 0 Å². The number of halogens is 1. The Morgan fingerprint density at radius 1 is 0.800 bits per heavy atom. The molecule has 0 unspecified atom stereocenters. The van der Waals surface area contributed by atoms with Crippen molar-refractivity contribution in [3.05, 3.63) is 88.7 Å². The molecule has 0 atom stereocenters. The van der Waals surface area contributed by atoms with E-state index in [0.717, 1.165) is 52.4 Å². The number of allylic oxidation sites excluding steroid dienone is 5. The molecule has 148 valence electrons. The molecule has 4 heteroatoms. The Morgan fingerprint density at radius 3 is 2.47 bits per heavy atom. The summed E-state index contributed by atoms with van der Waals surface area (Å²) < 4.78 is 0. The van der Waals surface area contributed by atoms with E-state index in [-0.39, 0.29) is 0 Å². The predicted octanol–water partition coefficient (Wildman–Crippen LogP) is 6.94. The minimum Gasteiger partial charge on any atom is -0.209 e. The Balaban J connectivity index is 1.72. The van der Waals surface area contributed by atoms with Crippen LogP contribution in [0, 0.1) is 0 Å². The van der Waals surface area contributed by atoms with Gasteiger partial charge >= 0.3 is 0 Å². The van der Waals surface area contributed by atoms with Gasteiger partial charge in [0.15, 0.2) is 17.5 Å². The molecule has 0 saturated heterocycles. The summed E-state index contributed by atoms with van der Waals surface area (Å²) in [6.07, 6.45) is 15.9. The lowest BCUT2D eigenvalue weighted by atomic mass is 9.97. The standard InChI is InChI=1S/C26H22ClN3/c27-23-17-16-22(20-14-8-3-9-15-21(20)23)26-29-24(18-10-4-1-5-11-18)28-25(30-26)19-12-6-2-7-13-19/h1,3-5,8-12,14,16-17H,2,6-7,13,15H2. The minimum atomic E-state index is 0.699. The van der Waals surface area contributed by atoms with Crippen molar-refractivity contribution < 1.29 is 0 Å². The summed E-state index contributed by atoms with van der Waals surface area (Å²) in [5, 5.41) is 0.775. The molecular weight excluding hydrogens is 390 g/mol. The molecule has 0 amide bonds. The highest BCUT2D eigenvalue weighted by Gasteiger charge is 2.18. The fraction of sp³-hybridized carbons (Fsp3) is 0.192. The first-order chi connectivity index (χ1) is 14.8. The van der Waals surface area contributed by atoms with E-state index in [9.17, 15) is 0 Å². The van der Waals surface area contributed by atoms with Crippen LogP contribution < -0.4 is 0 Å². The summed E-state index contributed by atoms with van der Waals surface area (Å²) >= 11 is 6.52. The van der Waals surface area contributed by atoms with Crippen molar-refractivity contribution in [3.63, 3.8) is 0 Å². The Hall–Kier alpha value is -3.04. The third kappa shape index (κ3) is 3.73. The molecule has 30 heavy (non-hydrogen) atoms. The van der Waals surface area contributed by atoms with E-state index in [1.54, 1.807) is 0 Å². The topological polar surface area (TPSA) is 38.7 Å². The van der Waals surface area contributed by atoms with Gasteiger partial charge in [-0.1, -0.05) is 72.3 Å². The zero-order valence-electron chi connectivity index (χ0n) is 16.7. The molecule has 2 aromatic carbocycles. The molecular formula is C26H22ClN3. The van der Waals surface area contributed by atoms with Crippen LogP contribution in [-0.2, 0) is 6.42 Å². The average Bonchev–Trinajstić information content (AvgIpc) is 3.07. The third-order valence-electron chi connectivity index (χ3n) is 5.62. The van der Waals surface area contributed by atoms with E-state index in [1.807, 2.05) is 42.5 Å². The molecule has 1 heterocycles. The maximum Gasteiger partial charge on any atom is 0.164 e. The number of hydrogen-bond donors (Lipinski definition) is 0. The molecule has 0 bridgehead atoms. The summed E-state index contributed by atoms with van der Waals surface area (Å²) in [5.74, 6) is 2.20. The molecule has 3 aromatic rings. The first kappa shape index (κ1) is 19.0. The van der Waals surface area contributed by atoms with Crippen molar-refractivity contribution in [2.24, 2.45) is 0 Å². The molecule has 0 saturated carbocycles. The van der Waals surface area contributed by atoms with Gasteiger partial charge in [-0.05, 0) is 60.9 Å². The Bertz CT molecular complexity index is 1180. The van der Waals surface area contributed by atoms with E-state index >= 15 is 0 Å². The molecule has 1 aromatic heterocycles. The summed E-state index contributed by atoms with van der Waals surface area (Å²) in [6, 6.07) is 14.1. The Kier molecular flexibility index (Phi) is 5.29. The second-order valence-corrected chi connectivity index (χ2v) is 8.03. The molecule has 2 aliphatic rings. The third-order valence-corrected chi connectivity index (χ3v) is 5.97. The van der Waals surface area contributed by atoms with E-state index in [4.69, 9.17) is 26.6 Å². The molecule has 2 aliphatic carbocycles. The molecule has 0 spiro atoms. The first-order valence-electron chi connectivity index (χ1n) is 10.5. The van der Waals surface area contributed by atoms with E-state index in [1.165, 1.54) is 18.4 Å². The van der Waals surface area contributed by atoms with Crippen molar-refractivity contribution in [2.45, 2.75) is 32.1 Å². The zero-order chi connectivity index (χ0) is 20.3. The highest BCUT2D eigenvalue weighted by molar-refractivity contribution is 6.31.